The van der Waals surface area contributed by atoms with Crippen LogP contribution in [-0.2, 0) is 0 Å². The van der Waals surface area contributed by atoms with Crippen LogP contribution in [0.5, 0.6) is 0 Å². The lowest BCUT2D eigenvalue weighted by molar-refractivity contribution is 0.102. The average molecular weight is 411 g/mol. The van der Waals surface area contributed by atoms with Gasteiger partial charge in [0, 0.05) is 22.8 Å². The molecule has 1 N–H and O–H groups in total. The number of aromatic nitrogens is 2. The van der Waals surface area contributed by atoms with Gasteiger partial charge in [0.05, 0.1) is 17.0 Å². The van der Waals surface area contributed by atoms with Crippen LogP contribution in [0.4, 0.5) is 18.9 Å². The monoisotopic (exact) mass is 411 g/mol. The van der Waals surface area contributed by atoms with E-state index in [-0.39, 0.29) is 0 Å². The largest absolute Gasteiger partial charge is 0.322 e. The average Bonchev–Trinajstić information content (AvgIpc) is 3.23. The van der Waals surface area contributed by atoms with Crippen LogP contribution >= 0.6 is 11.3 Å². The summed E-state index contributed by atoms with van der Waals surface area (Å²) in [6.45, 7) is 0. The van der Waals surface area contributed by atoms with E-state index < -0.39 is 28.9 Å². The van der Waals surface area contributed by atoms with Gasteiger partial charge in [0.15, 0.2) is 17.5 Å². The second-order valence-electron chi connectivity index (χ2n) is 6.01. The van der Waals surface area contributed by atoms with E-state index in [1.807, 2.05) is 29.6 Å². The predicted octanol–water partition coefficient (Wildman–Crippen LogP) is 5.54. The first-order valence-corrected chi connectivity index (χ1v) is 9.33. The van der Waals surface area contributed by atoms with Gasteiger partial charge in [0.25, 0.3) is 5.91 Å². The third-order valence-corrected chi connectivity index (χ3v) is 4.95. The van der Waals surface area contributed by atoms with Gasteiger partial charge in [-0.2, -0.15) is 0 Å². The number of nitrogens with one attached hydrogen (secondary N) is 1. The van der Waals surface area contributed by atoms with Crippen molar-refractivity contribution >= 4 is 22.9 Å². The SMILES string of the molecule is O=C(Nc1cccc(-c2csc(-c3ccccn3)n2)c1)c1ccc(F)c(F)c1F. The first-order chi connectivity index (χ1) is 14.0. The van der Waals surface area contributed by atoms with Crippen molar-refractivity contribution in [1.29, 1.82) is 0 Å². The Morgan fingerprint density at radius 1 is 0.931 bits per heavy atom. The molecule has 0 saturated carbocycles. The van der Waals surface area contributed by atoms with Crippen molar-refractivity contribution in [2.24, 2.45) is 0 Å². The van der Waals surface area contributed by atoms with Crippen LogP contribution in [0, 0.1) is 17.5 Å². The number of carbonyl (C=O) groups is 1. The summed E-state index contributed by atoms with van der Waals surface area (Å²) in [5.74, 6) is -5.45. The maximum absolute atomic E-state index is 13.8. The molecule has 0 radical (unpaired) electrons. The summed E-state index contributed by atoms with van der Waals surface area (Å²) >= 11 is 1.43. The van der Waals surface area contributed by atoms with Crippen LogP contribution < -0.4 is 5.32 Å². The van der Waals surface area contributed by atoms with Crippen LogP contribution in [-0.4, -0.2) is 15.9 Å². The van der Waals surface area contributed by atoms with E-state index in [0.717, 1.165) is 22.3 Å². The zero-order valence-electron chi connectivity index (χ0n) is 14.7. The molecule has 0 saturated heterocycles. The molecule has 29 heavy (non-hydrogen) atoms. The lowest BCUT2D eigenvalue weighted by Gasteiger charge is -2.08. The number of pyridine rings is 1. The van der Waals surface area contributed by atoms with Crippen LogP contribution in [0.1, 0.15) is 10.4 Å². The number of hydrogen-bond acceptors (Lipinski definition) is 4. The molecule has 4 nitrogen and oxygen atoms in total. The lowest BCUT2D eigenvalue weighted by atomic mass is 10.1. The fourth-order valence-corrected chi connectivity index (χ4v) is 3.47. The first-order valence-electron chi connectivity index (χ1n) is 8.45. The van der Waals surface area contributed by atoms with Gasteiger partial charge < -0.3 is 5.32 Å². The van der Waals surface area contributed by atoms with E-state index in [0.29, 0.717) is 17.4 Å². The summed E-state index contributed by atoms with van der Waals surface area (Å²) in [7, 11) is 0. The molecule has 144 valence electrons. The highest BCUT2D eigenvalue weighted by Crippen LogP contribution is 2.29. The summed E-state index contributed by atoms with van der Waals surface area (Å²) in [6.07, 6.45) is 1.68. The van der Waals surface area contributed by atoms with E-state index in [2.05, 4.69) is 15.3 Å². The molecule has 8 heteroatoms. The Bertz CT molecular complexity index is 1200. The molecule has 4 aromatic rings. The number of anilines is 1. The van der Waals surface area contributed by atoms with Crippen molar-refractivity contribution in [1.82, 2.24) is 9.97 Å². The molecule has 0 atom stereocenters. The summed E-state index contributed by atoms with van der Waals surface area (Å²) in [5.41, 5.74) is 1.95. The van der Waals surface area contributed by atoms with Crippen molar-refractivity contribution < 1.29 is 18.0 Å². The zero-order valence-corrected chi connectivity index (χ0v) is 15.5. The molecule has 0 fully saturated rings. The Labute approximate surface area is 167 Å². The Balaban J connectivity index is 1.58. The number of amides is 1. The standard InChI is InChI=1S/C21H12F3N3OS/c22-15-8-7-14(18(23)19(15)24)20(28)26-13-5-3-4-12(10-13)17-11-29-21(27-17)16-6-1-2-9-25-16/h1-11H,(H,26,28). The number of rotatable bonds is 4. The third kappa shape index (κ3) is 3.88. The molecular weight excluding hydrogens is 399 g/mol. The van der Waals surface area contributed by atoms with E-state index in [1.165, 1.54) is 11.3 Å². The minimum Gasteiger partial charge on any atom is -0.322 e. The fraction of sp³-hybridized carbons (Fsp3) is 0. The van der Waals surface area contributed by atoms with Gasteiger partial charge in [-0.1, -0.05) is 18.2 Å². The molecule has 0 aliphatic carbocycles. The molecule has 2 heterocycles. The van der Waals surface area contributed by atoms with Crippen molar-refractivity contribution in [2.75, 3.05) is 5.32 Å². The van der Waals surface area contributed by atoms with Gasteiger partial charge in [-0.3, -0.25) is 9.78 Å². The smallest absolute Gasteiger partial charge is 0.258 e. The number of thiazole rings is 1. The van der Waals surface area contributed by atoms with Gasteiger partial charge in [-0.15, -0.1) is 11.3 Å². The minimum atomic E-state index is -1.68. The fourth-order valence-electron chi connectivity index (χ4n) is 2.67. The van der Waals surface area contributed by atoms with Crippen LogP contribution in [0.2, 0.25) is 0 Å². The quantitative estimate of drug-likeness (QED) is 0.449. The molecule has 0 spiro atoms. The summed E-state index contributed by atoms with van der Waals surface area (Å²) in [4.78, 5) is 21.1. The Morgan fingerprint density at radius 2 is 1.79 bits per heavy atom. The van der Waals surface area contributed by atoms with Gasteiger partial charge >= 0.3 is 0 Å². The van der Waals surface area contributed by atoms with Crippen molar-refractivity contribution in [3.8, 4) is 22.0 Å². The summed E-state index contributed by atoms with van der Waals surface area (Å²) < 4.78 is 40.3. The number of halogens is 3. The van der Waals surface area contributed by atoms with E-state index in [9.17, 15) is 18.0 Å². The molecule has 1 amide bonds. The van der Waals surface area contributed by atoms with E-state index in [4.69, 9.17) is 0 Å². The molecule has 0 bridgehead atoms. The predicted molar refractivity (Wildman–Crippen MR) is 105 cm³/mol. The molecule has 4 rings (SSSR count). The minimum absolute atomic E-state index is 0.365. The summed E-state index contributed by atoms with van der Waals surface area (Å²) in [6, 6.07) is 13.9. The summed E-state index contributed by atoms with van der Waals surface area (Å²) in [5, 5.41) is 5.10. The van der Waals surface area contributed by atoms with E-state index in [1.54, 1.807) is 24.4 Å². The molecule has 2 aromatic heterocycles. The third-order valence-electron chi connectivity index (χ3n) is 4.08. The number of nitrogens with zero attached hydrogens (tertiary/aromatic N) is 2. The van der Waals surface area contributed by atoms with Gasteiger partial charge in [-0.25, -0.2) is 18.2 Å². The van der Waals surface area contributed by atoms with Crippen LogP contribution in [0.25, 0.3) is 22.0 Å². The lowest BCUT2D eigenvalue weighted by Crippen LogP contribution is -2.15. The molecule has 2 aromatic carbocycles. The maximum atomic E-state index is 13.8. The van der Waals surface area contributed by atoms with Crippen molar-refractivity contribution in [3.63, 3.8) is 0 Å². The highest BCUT2D eigenvalue weighted by atomic mass is 32.1. The van der Waals surface area contributed by atoms with E-state index >= 15 is 0 Å². The highest BCUT2D eigenvalue weighted by Gasteiger charge is 2.19. The van der Waals surface area contributed by atoms with Crippen LogP contribution in [0.15, 0.2) is 66.2 Å². The molecule has 0 aliphatic rings. The van der Waals surface area contributed by atoms with Gasteiger partial charge in [0.1, 0.15) is 5.01 Å². The maximum Gasteiger partial charge on any atom is 0.258 e. The Morgan fingerprint density at radius 3 is 2.59 bits per heavy atom. The van der Waals surface area contributed by atoms with Crippen molar-refractivity contribution in [2.45, 2.75) is 0 Å². The second kappa shape index (κ2) is 7.84. The molecular formula is C21H12F3N3OS. The topological polar surface area (TPSA) is 54.9 Å². The molecule has 0 unspecified atom stereocenters. The van der Waals surface area contributed by atoms with Crippen LogP contribution in [0.3, 0.4) is 0 Å². The highest BCUT2D eigenvalue weighted by molar-refractivity contribution is 7.13. The number of benzene rings is 2. The van der Waals surface area contributed by atoms with Crippen molar-refractivity contribution in [3.05, 3.63) is 89.2 Å². The Kier molecular flexibility index (Phi) is 5.09. The first kappa shape index (κ1) is 18.8. The zero-order chi connectivity index (χ0) is 20.4. The van der Waals surface area contributed by atoms with Gasteiger partial charge in [0.2, 0.25) is 0 Å². The number of hydrogen-bond donors (Lipinski definition) is 1. The normalized spacial score (nSPS) is 10.7. The second-order valence-corrected chi connectivity index (χ2v) is 6.87. The van der Waals surface area contributed by atoms with Gasteiger partial charge in [-0.05, 0) is 36.4 Å². The molecule has 0 aliphatic heterocycles. The Hall–Kier alpha value is -3.52. The number of carbonyl (C=O) groups excluding carboxylic acids is 1.